The third-order valence-corrected chi connectivity index (χ3v) is 4.51. The van der Waals surface area contributed by atoms with Crippen LogP contribution in [0.4, 0.5) is 0 Å². The van der Waals surface area contributed by atoms with Gasteiger partial charge >= 0.3 is 0 Å². The van der Waals surface area contributed by atoms with Gasteiger partial charge in [-0.1, -0.05) is 32.9 Å². The van der Waals surface area contributed by atoms with Gasteiger partial charge in [-0.25, -0.2) is 0 Å². The molecule has 0 amide bonds. The highest BCUT2D eigenvalue weighted by Gasteiger charge is 2.63. The Morgan fingerprint density at radius 2 is 1.87 bits per heavy atom. The van der Waals surface area contributed by atoms with Crippen LogP contribution in [0.3, 0.4) is 0 Å². The fraction of sp³-hybridized carbons (Fsp3) is 0.909. The first kappa shape index (κ1) is 12.3. The van der Waals surface area contributed by atoms with E-state index in [-0.39, 0.29) is 11.9 Å². The summed E-state index contributed by atoms with van der Waals surface area (Å²) in [6.45, 7) is 12.0. The Bertz CT molecular complexity index is 257. The summed E-state index contributed by atoms with van der Waals surface area (Å²) in [5.41, 5.74) is 6.26. The largest absolute Gasteiger partial charge is 0.409 e. The fourth-order valence-electron chi connectivity index (χ4n) is 2.33. The molecule has 1 fully saturated rings. The van der Waals surface area contributed by atoms with Crippen LogP contribution in [0.15, 0.2) is 5.16 Å². The van der Waals surface area contributed by atoms with E-state index in [1.165, 1.54) is 0 Å². The molecule has 0 aromatic heterocycles. The molecular formula is C11H23N3O. The smallest absolute Gasteiger partial charge is 0.156 e. The lowest BCUT2D eigenvalue weighted by molar-refractivity contribution is 0.314. The number of nitrogens with zero attached hydrogens (tertiary/aromatic N) is 1. The number of rotatable bonds is 4. The van der Waals surface area contributed by atoms with Crippen LogP contribution < -0.4 is 11.1 Å². The molecule has 1 aliphatic rings. The van der Waals surface area contributed by atoms with Crippen LogP contribution in [0.25, 0.3) is 0 Å². The Hall–Kier alpha value is -0.770. The van der Waals surface area contributed by atoms with Gasteiger partial charge in [-0.2, -0.15) is 0 Å². The van der Waals surface area contributed by atoms with Crippen molar-refractivity contribution in [1.29, 1.82) is 0 Å². The molecule has 0 aromatic rings. The molecule has 0 saturated heterocycles. The summed E-state index contributed by atoms with van der Waals surface area (Å²) in [4.78, 5) is 0. The number of oxime groups is 1. The van der Waals surface area contributed by atoms with E-state index in [0.717, 1.165) is 6.54 Å². The first-order valence-corrected chi connectivity index (χ1v) is 5.46. The average Bonchev–Trinajstić information content (AvgIpc) is 2.53. The van der Waals surface area contributed by atoms with Gasteiger partial charge in [0.1, 0.15) is 0 Å². The van der Waals surface area contributed by atoms with Crippen LogP contribution >= 0.6 is 0 Å². The number of hydrogen-bond donors (Lipinski definition) is 3. The molecule has 1 rings (SSSR count). The van der Waals surface area contributed by atoms with Crippen molar-refractivity contribution in [3.8, 4) is 0 Å². The number of nitrogens with two attached hydrogens (primary N) is 1. The van der Waals surface area contributed by atoms with Crippen molar-refractivity contribution in [2.45, 2.75) is 40.7 Å². The van der Waals surface area contributed by atoms with Crippen LogP contribution in [0, 0.1) is 16.7 Å². The number of amidine groups is 1. The molecule has 4 N–H and O–H groups in total. The Morgan fingerprint density at radius 3 is 2.20 bits per heavy atom. The van der Waals surface area contributed by atoms with Gasteiger partial charge in [0.05, 0.1) is 6.04 Å². The minimum absolute atomic E-state index is 0.0674. The quantitative estimate of drug-likeness (QED) is 0.286. The van der Waals surface area contributed by atoms with E-state index >= 15 is 0 Å². The standard InChI is InChI=1S/C11H23N3O/c1-7(9(12)14-15)13-6-8-10(2,3)11(8,4)5/h7-8,13,15H,6H2,1-5H3,(H2,12,14). The zero-order valence-corrected chi connectivity index (χ0v) is 10.3. The third kappa shape index (κ3) is 1.95. The average molecular weight is 213 g/mol. The normalized spacial score (nSPS) is 26.3. The molecule has 4 heteroatoms. The second kappa shape index (κ2) is 3.67. The third-order valence-electron chi connectivity index (χ3n) is 4.51. The lowest BCUT2D eigenvalue weighted by Gasteiger charge is -2.12. The van der Waals surface area contributed by atoms with Gasteiger partial charge in [0.25, 0.3) is 0 Å². The number of nitrogens with one attached hydrogen (secondary N) is 1. The molecule has 0 aliphatic heterocycles. The van der Waals surface area contributed by atoms with E-state index in [9.17, 15) is 0 Å². The molecule has 0 aromatic carbocycles. The first-order valence-electron chi connectivity index (χ1n) is 5.46. The van der Waals surface area contributed by atoms with Crippen LogP contribution in [0.1, 0.15) is 34.6 Å². The fourth-order valence-corrected chi connectivity index (χ4v) is 2.33. The minimum Gasteiger partial charge on any atom is -0.409 e. The van der Waals surface area contributed by atoms with Crippen molar-refractivity contribution in [1.82, 2.24) is 5.32 Å². The van der Waals surface area contributed by atoms with Crippen molar-refractivity contribution in [2.24, 2.45) is 27.6 Å². The highest BCUT2D eigenvalue weighted by atomic mass is 16.4. The van der Waals surface area contributed by atoms with Crippen molar-refractivity contribution < 1.29 is 5.21 Å². The van der Waals surface area contributed by atoms with Gasteiger partial charge in [0.15, 0.2) is 5.84 Å². The molecule has 4 nitrogen and oxygen atoms in total. The Labute approximate surface area is 91.9 Å². The van der Waals surface area contributed by atoms with Crippen molar-refractivity contribution >= 4 is 5.84 Å². The monoisotopic (exact) mass is 213 g/mol. The molecule has 1 atom stereocenters. The van der Waals surface area contributed by atoms with Gasteiger partial charge in [0.2, 0.25) is 0 Å². The molecule has 0 bridgehead atoms. The van der Waals surface area contributed by atoms with Gasteiger partial charge in [-0.3, -0.25) is 0 Å². The molecule has 1 aliphatic carbocycles. The van der Waals surface area contributed by atoms with Crippen molar-refractivity contribution in [3.63, 3.8) is 0 Å². The Morgan fingerprint density at radius 1 is 1.40 bits per heavy atom. The molecule has 0 radical (unpaired) electrons. The van der Waals surface area contributed by atoms with E-state index in [2.05, 4.69) is 38.2 Å². The molecule has 0 spiro atoms. The maximum atomic E-state index is 8.51. The van der Waals surface area contributed by atoms with E-state index in [1.54, 1.807) is 0 Å². The second-order valence-electron chi connectivity index (χ2n) is 5.65. The van der Waals surface area contributed by atoms with E-state index < -0.39 is 0 Å². The molecule has 15 heavy (non-hydrogen) atoms. The SMILES string of the molecule is CC(NCC1C(C)(C)C1(C)C)C(N)=NO. The first-order chi connectivity index (χ1) is 6.75. The maximum Gasteiger partial charge on any atom is 0.156 e. The highest BCUT2D eigenvalue weighted by molar-refractivity contribution is 5.84. The molecule has 88 valence electrons. The molecule has 1 saturated carbocycles. The van der Waals surface area contributed by atoms with Gasteiger partial charge in [0, 0.05) is 0 Å². The van der Waals surface area contributed by atoms with Crippen LogP contribution in [0.5, 0.6) is 0 Å². The van der Waals surface area contributed by atoms with Crippen molar-refractivity contribution in [3.05, 3.63) is 0 Å². The molecule has 0 heterocycles. The Kier molecular flexibility index (Phi) is 3.01. The summed E-state index contributed by atoms with van der Waals surface area (Å²) < 4.78 is 0. The Balaban J connectivity index is 2.41. The van der Waals surface area contributed by atoms with Crippen LogP contribution in [-0.4, -0.2) is 23.6 Å². The summed E-state index contributed by atoms with van der Waals surface area (Å²) in [5.74, 6) is 0.894. The van der Waals surface area contributed by atoms with E-state index in [1.807, 2.05) is 6.92 Å². The zero-order chi connectivity index (χ0) is 11.9. The number of hydrogen-bond acceptors (Lipinski definition) is 3. The van der Waals surface area contributed by atoms with E-state index in [4.69, 9.17) is 10.9 Å². The van der Waals surface area contributed by atoms with Gasteiger partial charge < -0.3 is 16.3 Å². The zero-order valence-electron chi connectivity index (χ0n) is 10.3. The second-order valence-corrected chi connectivity index (χ2v) is 5.65. The summed E-state index contributed by atoms with van der Waals surface area (Å²) in [5, 5.41) is 14.8. The predicted molar refractivity (Wildman–Crippen MR) is 61.9 cm³/mol. The van der Waals surface area contributed by atoms with Gasteiger partial charge in [-0.05, 0) is 30.2 Å². The topological polar surface area (TPSA) is 70.6 Å². The van der Waals surface area contributed by atoms with E-state index in [0.29, 0.717) is 16.7 Å². The van der Waals surface area contributed by atoms with Gasteiger partial charge in [-0.15, -0.1) is 0 Å². The van der Waals surface area contributed by atoms with Crippen molar-refractivity contribution in [2.75, 3.05) is 6.54 Å². The minimum atomic E-state index is -0.0674. The summed E-state index contributed by atoms with van der Waals surface area (Å²) in [6, 6.07) is -0.0674. The molecular weight excluding hydrogens is 190 g/mol. The lowest BCUT2D eigenvalue weighted by Crippen LogP contribution is -2.40. The summed E-state index contributed by atoms with van der Waals surface area (Å²) in [7, 11) is 0. The summed E-state index contributed by atoms with van der Waals surface area (Å²) >= 11 is 0. The summed E-state index contributed by atoms with van der Waals surface area (Å²) in [6.07, 6.45) is 0. The van der Waals surface area contributed by atoms with Crippen LogP contribution in [-0.2, 0) is 0 Å². The lowest BCUT2D eigenvalue weighted by atomic mass is 10.0. The highest BCUT2D eigenvalue weighted by Crippen LogP contribution is 2.67. The molecule has 1 unspecified atom stereocenters. The maximum absolute atomic E-state index is 8.51. The predicted octanol–water partition coefficient (Wildman–Crippen LogP) is 1.39. The van der Waals surface area contributed by atoms with Crippen LogP contribution in [0.2, 0.25) is 0 Å².